The van der Waals surface area contributed by atoms with Gasteiger partial charge in [0, 0.05) is 12.4 Å². The molecule has 0 aliphatic rings. The van der Waals surface area contributed by atoms with E-state index < -0.39 is 5.82 Å². The molecule has 0 unspecified atom stereocenters. The van der Waals surface area contributed by atoms with Crippen LogP contribution in [0, 0.1) is 5.82 Å². The van der Waals surface area contributed by atoms with Gasteiger partial charge in [0.25, 0.3) is 0 Å². The highest BCUT2D eigenvalue weighted by atomic mass is 35.5. The molecule has 0 aliphatic heterocycles. The molecule has 1 aromatic carbocycles. The van der Waals surface area contributed by atoms with Crippen molar-refractivity contribution in [2.24, 2.45) is 0 Å². The Balaban J connectivity index is 2.78. The second-order valence-electron chi connectivity index (χ2n) is 3.53. The summed E-state index contributed by atoms with van der Waals surface area (Å²) in [5.41, 5.74) is 1.38. The largest absolute Gasteiger partial charge is 0.373 e. The molecule has 0 atom stereocenters. The smallest absolute Gasteiger partial charge is 0.168 e. The lowest BCUT2D eigenvalue weighted by molar-refractivity contribution is 0.637. The Morgan fingerprint density at radius 2 is 2.19 bits per heavy atom. The van der Waals surface area contributed by atoms with Crippen molar-refractivity contribution in [3.05, 3.63) is 34.6 Å². The number of aryl methyl sites for hydroxylation is 1. The van der Waals surface area contributed by atoms with Crippen molar-refractivity contribution in [1.29, 1.82) is 0 Å². The molecule has 2 aromatic rings. The molecule has 1 N–H and O–H groups in total. The van der Waals surface area contributed by atoms with Crippen LogP contribution in [0.2, 0.25) is 5.02 Å². The van der Waals surface area contributed by atoms with Gasteiger partial charge >= 0.3 is 0 Å². The summed E-state index contributed by atoms with van der Waals surface area (Å²) in [5, 5.41) is 3.84. The van der Waals surface area contributed by atoms with Crippen LogP contribution >= 0.6 is 11.6 Å². The average Bonchev–Trinajstić information content (AvgIpc) is 2.32. The molecule has 0 radical (unpaired) electrons. The minimum Gasteiger partial charge on any atom is -0.373 e. The number of nitrogens with zero attached hydrogens (tertiary/aromatic N) is 1. The molecule has 0 aliphatic carbocycles. The summed E-state index contributed by atoms with van der Waals surface area (Å²) in [5.74, 6) is 0.245. The van der Waals surface area contributed by atoms with E-state index in [1.54, 1.807) is 19.2 Å². The summed E-state index contributed by atoms with van der Waals surface area (Å²) in [7, 11) is 1.77. The summed E-state index contributed by atoms with van der Waals surface area (Å²) >= 11 is 5.72. The lowest BCUT2D eigenvalue weighted by Crippen LogP contribution is -1.99. The van der Waals surface area contributed by atoms with Gasteiger partial charge < -0.3 is 5.32 Å². The van der Waals surface area contributed by atoms with Gasteiger partial charge in [-0.1, -0.05) is 24.6 Å². The summed E-state index contributed by atoms with van der Waals surface area (Å²) in [6.45, 7) is 2.04. The molecular formula is C12H12ClFN2. The fourth-order valence-corrected chi connectivity index (χ4v) is 1.86. The maximum Gasteiger partial charge on any atom is 0.168 e. The highest BCUT2D eigenvalue weighted by Gasteiger charge is 2.10. The van der Waals surface area contributed by atoms with Crippen molar-refractivity contribution >= 4 is 28.3 Å². The number of rotatable bonds is 2. The molecule has 0 spiro atoms. The quantitative estimate of drug-likeness (QED) is 0.864. The Hall–Kier alpha value is -1.35. The van der Waals surface area contributed by atoms with E-state index in [0.717, 1.165) is 17.4 Å². The first-order valence-electron chi connectivity index (χ1n) is 5.12. The van der Waals surface area contributed by atoms with E-state index in [4.69, 9.17) is 11.6 Å². The normalized spacial score (nSPS) is 10.8. The summed E-state index contributed by atoms with van der Waals surface area (Å²) in [6.07, 6.45) is 0.851. The first-order chi connectivity index (χ1) is 7.67. The van der Waals surface area contributed by atoms with Crippen LogP contribution in [-0.2, 0) is 6.42 Å². The monoisotopic (exact) mass is 238 g/mol. The predicted octanol–water partition coefficient (Wildman–Crippen LogP) is 3.63. The van der Waals surface area contributed by atoms with Gasteiger partial charge in [-0.15, -0.1) is 0 Å². The molecule has 0 fully saturated rings. The summed E-state index contributed by atoms with van der Waals surface area (Å²) in [6, 6.07) is 5.28. The molecule has 2 nitrogen and oxygen atoms in total. The second-order valence-corrected chi connectivity index (χ2v) is 3.94. The number of hydrogen-bond donors (Lipinski definition) is 1. The van der Waals surface area contributed by atoms with Crippen LogP contribution in [0.3, 0.4) is 0 Å². The van der Waals surface area contributed by atoms with E-state index in [0.29, 0.717) is 11.3 Å². The van der Waals surface area contributed by atoms with Gasteiger partial charge in [-0.3, -0.25) is 0 Å². The van der Waals surface area contributed by atoms with E-state index in [2.05, 4.69) is 10.3 Å². The maximum absolute atomic E-state index is 13.7. The van der Waals surface area contributed by atoms with Crippen LogP contribution in [0.5, 0.6) is 0 Å². The number of fused-ring (bicyclic) bond motifs is 1. The molecule has 84 valence electrons. The number of benzene rings is 1. The third-order valence-corrected chi connectivity index (χ3v) is 2.87. The van der Waals surface area contributed by atoms with Crippen LogP contribution in [0.1, 0.15) is 12.5 Å². The number of halogens is 2. The second kappa shape index (κ2) is 4.26. The van der Waals surface area contributed by atoms with Crippen molar-refractivity contribution < 1.29 is 4.39 Å². The Labute approximate surface area is 98.4 Å². The third kappa shape index (κ3) is 1.71. The zero-order chi connectivity index (χ0) is 11.7. The van der Waals surface area contributed by atoms with Gasteiger partial charge in [0.05, 0.1) is 5.02 Å². The van der Waals surface area contributed by atoms with E-state index in [1.807, 2.05) is 13.0 Å². The standard InChI is InChI=1S/C12H12ClFN2/c1-3-7-6-8-4-5-9(13)10(14)11(8)16-12(7)15-2/h4-6H,3H2,1-2H3,(H,15,16). The van der Waals surface area contributed by atoms with Gasteiger partial charge in [0.15, 0.2) is 5.82 Å². The Morgan fingerprint density at radius 3 is 2.81 bits per heavy atom. The fourth-order valence-electron chi connectivity index (χ4n) is 1.71. The lowest BCUT2D eigenvalue weighted by atomic mass is 10.1. The van der Waals surface area contributed by atoms with E-state index in [1.165, 1.54) is 0 Å². The Kier molecular flexibility index (Phi) is 2.97. The van der Waals surface area contributed by atoms with Crippen LogP contribution in [-0.4, -0.2) is 12.0 Å². The minimum absolute atomic E-state index is 0.103. The van der Waals surface area contributed by atoms with E-state index in [9.17, 15) is 4.39 Å². The van der Waals surface area contributed by atoms with Crippen LogP contribution in [0.25, 0.3) is 10.9 Å². The molecule has 0 bridgehead atoms. The molecular weight excluding hydrogens is 227 g/mol. The van der Waals surface area contributed by atoms with Crippen molar-refractivity contribution in [3.63, 3.8) is 0 Å². The van der Waals surface area contributed by atoms with Crippen LogP contribution in [0.4, 0.5) is 10.2 Å². The molecule has 1 heterocycles. The lowest BCUT2D eigenvalue weighted by Gasteiger charge is -2.09. The maximum atomic E-state index is 13.7. The highest BCUT2D eigenvalue weighted by molar-refractivity contribution is 6.31. The minimum atomic E-state index is -0.460. The third-order valence-electron chi connectivity index (χ3n) is 2.58. The zero-order valence-electron chi connectivity index (χ0n) is 9.14. The van der Waals surface area contributed by atoms with E-state index in [-0.39, 0.29) is 5.02 Å². The van der Waals surface area contributed by atoms with Crippen molar-refractivity contribution in [2.45, 2.75) is 13.3 Å². The fraction of sp³-hybridized carbons (Fsp3) is 0.250. The molecule has 1 aromatic heterocycles. The van der Waals surface area contributed by atoms with Crippen molar-refractivity contribution in [3.8, 4) is 0 Å². The first kappa shape index (κ1) is 11.1. The molecule has 4 heteroatoms. The number of anilines is 1. The number of aromatic nitrogens is 1. The average molecular weight is 239 g/mol. The number of nitrogens with one attached hydrogen (secondary N) is 1. The summed E-state index contributed by atoms with van der Waals surface area (Å²) in [4.78, 5) is 4.25. The van der Waals surface area contributed by atoms with Gasteiger partial charge in [0.2, 0.25) is 0 Å². The van der Waals surface area contributed by atoms with Gasteiger partial charge in [-0.2, -0.15) is 0 Å². The molecule has 0 amide bonds. The van der Waals surface area contributed by atoms with Gasteiger partial charge in [-0.25, -0.2) is 9.37 Å². The molecule has 0 saturated heterocycles. The first-order valence-corrected chi connectivity index (χ1v) is 5.50. The highest BCUT2D eigenvalue weighted by Crippen LogP contribution is 2.26. The molecule has 2 rings (SSSR count). The van der Waals surface area contributed by atoms with Gasteiger partial charge in [-0.05, 0) is 24.1 Å². The van der Waals surface area contributed by atoms with E-state index >= 15 is 0 Å². The number of pyridine rings is 1. The van der Waals surface area contributed by atoms with Gasteiger partial charge in [0.1, 0.15) is 11.3 Å². The summed E-state index contributed by atoms with van der Waals surface area (Å²) < 4.78 is 13.7. The Morgan fingerprint density at radius 1 is 1.44 bits per heavy atom. The van der Waals surface area contributed by atoms with Crippen molar-refractivity contribution in [2.75, 3.05) is 12.4 Å². The number of hydrogen-bond acceptors (Lipinski definition) is 2. The van der Waals surface area contributed by atoms with Crippen molar-refractivity contribution in [1.82, 2.24) is 4.98 Å². The zero-order valence-corrected chi connectivity index (χ0v) is 9.90. The molecule has 0 saturated carbocycles. The predicted molar refractivity (Wildman–Crippen MR) is 65.6 cm³/mol. The molecule has 16 heavy (non-hydrogen) atoms. The SMILES string of the molecule is CCc1cc2ccc(Cl)c(F)c2nc1NC. The van der Waals surface area contributed by atoms with Crippen LogP contribution < -0.4 is 5.32 Å². The topological polar surface area (TPSA) is 24.9 Å². The van der Waals surface area contributed by atoms with Crippen LogP contribution in [0.15, 0.2) is 18.2 Å². The Bertz CT molecular complexity index is 540.